The van der Waals surface area contributed by atoms with Crippen LogP contribution in [-0.2, 0) is 16.0 Å². The van der Waals surface area contributed by atoms with Crippen LogP contribution in [0.15, 0.2) is 48.5 Å². The van der Waals surface area contributed by atoms with Crippen LogP contribution < -0.4 is 10.1 Å². The van der Waals surface area contributed by atoms with E-state index in [1.165, 1.54) is 32.2 Å². The van der Waals surface area contributed by atoms with Crippen LogP contribution in [0.1, 0.15) is 22.8 Å². The second kappa shape index (κ2) is 8.73. The minimum Gasteiger partial charge on any atom is -0.507 e. The number of benzene rings is 2. The first-order valence-corrected chi connectivity index (χ1v) is 7.91. The molecule has 0 aromatic heterocycles. The molecule has 0 aliphatic carbocycles. The minimum absolute atomic E-state index is 0.0234. The van der Waals surface area contributed by atoms with Gasteiger partial charge in [0.2, 0.25) is 0 Å². The number of phenolic OH excluding ortho intramolecular Hbond substituents is 1. The van der Waals surface area contributed by atoms with Gasteiger partial charge in [-0.15, -0.1) is 0 Å². The summed E-state index contributed by atoms with van der Waals surface area (Å²) in [5.74, 6) is -1.01. The highest BCUT2D eigenvalue weighted by atomic mass is 16.5. The normalized spacial score (nSPS) is 11.4. The Balaban J connectivity index is 1.84. The summed E-state index contributed by atoms with van der Waals surface area (Å²) in [7, 11) is 1.45. The summed E-state index contributed by atoms with van der Waals surface area (Å²) in [5, 5.41) is 12.6. The number of rotatable bonds is 7. The van der Waals surface area contributed by atoms with Crippen molar-refractivity contribution >= 4 is 11.9 Å². The van der Waals surface area contributed by atoms with Crippen LogP contribution in [0.4, 0.5) is 0 Å². The Morgan fingerprint density at radius 2 is 1.88 bits per heavy atom. The maximum Gasteiger partial charge on any atom is 0.342 e. The van der Waals surface area contributed by atoms with Gasteiger partial charge < -0.3 is 19.9 Å². The number of amides is 1. The van der Waals surface area contributed by atoms with Gasteiger partial charge in [0.25, 0.3) is 5.91 Å². The number of methoxy groups -OCH3 is 1. The lowest BCUT2D eigenvalue weighted by Gasteiger charge is -2.14. The largest absolute Gasteiger partial charge is 0.507 e. The zero-order valence-electron chi connectivity index (χ0n) is 14.2. The molecule has 0 heterocycles. The summed E-state index contributed by atoms with van der Waals surface area (Å²) >= 11 is 0. The maximum absolute atomic E-state index is 12.1. The summed E-state index contributed by atoms with van der Waals surface area (Å²) in [6.45, 7) is 1.93. The van der Waals surface area contributed by atoms with E-state index in [1.54, 1.807) is 0 Å². The van der Waals surface area contributed by atoms with Crippen molar-refractivity contribution < 1.29 is 24.2 Å². The highest BCUT2D eigenvalue weighted by molar-refractivity contribution is 5.94. The molecule has 2 N–H and O–H groups in total. The summed E-state index contributed by atoms with van der Waals surface area (Å²) in [6.07, 6.45) is -0.281. The lowest BCUT2D eigenvalue weighted by molar-refractivity contribution is -0.129. The fraction of sp³-hybridized carbons (Fsp3) is 0.263. The smallest absolute Gasteiger partial charge is 0.342 e. The lowest BCUT2D eigenvalue weighted by Crippen LogP contribution is -2.36. The monoisotopic (exact) mass is 343 g/mol. The van der Waals surface area contributed by atoms with Crippen LogP contribution in [0.3, 0.4) is 0 Å². The van der Waals surface area contributed by atoms with E-state index < -0.39 is 18.0 Å². The summed E-state index contributed by atoms with van der Waals surface area (Å²) in [5.41, 5.74) is 1.08. The molecule has 0 bridgehead atoms. The first kappa shape index (κ1) is 18.3. The number of ether oxygens (including phenoxy) is 2. The van der Waals surface area contributed by atoms with Crippen molar-refractivity contribution in [3.05, 3.63) is 59.7 Å². The molecule has 1 atom stereocenters. The Labute approximate surface area is 146 Å². The predicted molar refractivity (Wildman–Crippen MR) is 92.7 cm³/mol. The molecule has 6 nitrogen and oxygen atoms in total. The lowest BCUT2D eigenvalue weighted by atomic mass is 10.1. The number of hydrogen-bond donors (Lipinski definition) is 2. The average molecular weight is 343 g/mol. The van der Waals surface area contributed by atoms with Crippen molar-refractivity contribution in [2.24, 2.45) is 0 Å². The van der Waals surface area contributed by atoms with Crippen molar-refractivity contribution in [2.75, 3.05) is 13.7 Å². The molecule has 6 heteroatoms. The van der Waals surface area contributed by atoms with Crippen molar-refractivity contribution in [3.63, 3.8) is 0 Å². The Bertz CT molecular complexity index is 730. The molecule has 25 heavy (non-hydrogen) atoms. The summed E-state index contributed by atoms with van der Waals surface area (Å²) in [6, 6.07) is 14.0. The molecule has 0 aliphatic rings. The van der Waals surface area contributed by atoms with Gasteiger partial charge in [0.1, 0.15) is 17.1 Å². The molecule has 0 aliphatic heterocycles. The van der Waals surface area contributed by atoms with Gasteiger partial charge in [-0.25, -0.2) is 4.79 Å². The van der Waals surface area contributed by atoms with Crippen LogP contribution in [0.25, 0.3) is 0 Å². The van der Waals surface area contributed by atoms with E-state index in [1.807, 2.05) is 30.3 Å². The van der Waals surface area contributed by atoms with Crippen LogP contribution >= 0.6 is 0 Å². The first-order valence-electron chi connectivity index (χ1n) is 7.91. The fourth-order valence-electron chi connectivity index (χ4n) is 2.21. The molecule has 0 fully saturated rings. The highest BCUT2D eigenvalue weighted by Gasteiger charge is 2.21. The fourth-order valence-corrected chi connectivity index (χ4v) is 2.21. The Morgan fingerprint density at radius 1 is 1.16 bits per heavy atom. The van der Waals surface area contributed by atoms with Crippen molar-refractivity contribution in [2.45, 2.75) is 19.4 Å². The SMILES string of the molecule is COc1ccc(C(=O)O[C@H](C)C(=O)NCCc2ccccc2)c(O)c1. The first-order chi connectivity index (χ1) is 12.0. The van der Waals surface area contributed by atoms with Crippen LogP contribution in [-0.4, -0.2) is 36.7 Å². The van der Waals surface area contributed by atoms with Crippen molar-refractivity contribution in [3.8, 4) is 11.5 Å². The van der Waals surface area contributed by atoms with Gasteiger partial charge in [0.15, 0.2) is 6.10 Å². The number of aromatic hydroxyl groups is 1. The van der Waals surface area contributed by atoms with E-state index in [9.17, 15) is 14.7 Å². The van der Waals surface area contributed by atoms with Crippen LogP contribution in [0, 0.1) is 0 Å². The molecule has 0 saturated heterocycles. The van der Waals surface area contributed by atoms with E-state index in [2.05, 4.69) is 5.32 Å². The minimum atomic E-state index is -0.968. The number of esters is 1. The predicted octanol–water partition coefficient (Wildman–Crippen LogP) is 2.30. The van der Waals surface area contributed by atoms with Gasteiger partial charge in [0.05, 0.1) is 7.11 Å². The number of nitrogens with one attached hydrogen (secondary N) is 1. The number of hydrogen-bond acceptors (Lipinski definition) is 5. The molecule has 2 aromatic rings. The Hall–Kier alpha value is -3.02. The van der Waals surface area contributed by atoms with E-state index in [4.69, 9.17) is 9.47 Å². The maximum atomic E-state index is 12.1. The Kier molecular flexibility index (Phi) is 6.39. The van der Waals surface area contributed by atoms with Gasteiger partial charge >= 0.3 is 5.97 Å². The standard InChI is InChI=1S/C19H21NO5/c1-13(18(22)20-11-10-14-6-4-3-5-7-14)25-19(23)16-9-8-15(24-2)12-17(16)21/h3-9,12-13,21H,10-11H2,1-2H3,(H,20,22)/t13-/m1/s1. The van der Waals surface area contributed by atoms with Gasteiger partial charge in [-0.1, -0.05) is 30.3 Å². The third-order valence-corrected chi connectivity index (χ3v) is 3.63. The third-order valence-electron chi connectivity index (χ3n) is 3.63. The van der Waals surface area contributed by atoms with Gasteiger partial charge in [-0.05, 0) is 31.0 Å². The Morgan fingerprint density at radius 3 is 2.52 bits per heavy atom. The number of phenols is 1. The highest BCUT2D eigenvalue weighted by Crippen LogP contribution is 2.24. The van der Waals surface area contributed by atoms with Gasteiger partial charge in [-0.2, -0.15) is 0 Å². The topological polar surface area (TPSA) is 84.9 Å². The summed E-state index contributed by atoms with van der Waals surface area (Å²) < 4.78 is 10.1. The zero-order chi connectivity index (χ0) is 18.2. The molecule has 2 aromatic carbocycles. The quantitative estimate of drug-likeness (QED) is 0.754. The van der Waals surface area contributed by atoms with Gasteiger partial charge in [-0.3, -0.25) is 4.79 Å². The second-order valence-electron chi connectivity index (χ2n) is 5.46. The van der Waals surface area contributed by atoms with Crippen molar-refractivity contribution in [1.82, 2.24) is 5.32 Å². The molecule has 1 amide bonds. The molecule has 0 unspecified atom stereocenters. The van der Waals surface area contributed by atoms with Crippen LogP contribution in [0.5, 0.6) is 11.5 Å². The van der Waals surface area contributed by atoms with E-state index in [0.29, 0.717) is 18.7 Å². The molecule has 0 radical (unpaired) electrons. The third kappa shape index (κ3) is 5.24. The summed E-state index contributed by atoms with van der Waals surface area (Å²) in [4.78, 5) is 24.1. The average Bonchev–Trinajstić information content (AvgIpc) is 2.62. The second-order valence-corrected chi connectivity index (χ2v) is 5.46. The molecule has 0 saturated carbocycles. The van der Waals surface area contributed by atoms with Crippen molar-refractivity contribution in [1.29, 1.82) is 0 Å². The van der Waals surface area contributed by atoms with E-state index >= 15 is 0 Å². The number of carbonyl (C=O) groups excluding carboxylic acids is 2. The molecular formula is C19H21NO5. The van der Waals surface area contributed by atoms with E-state index in [0.717, 1.165) is 5.56 Å². The van der Waals surface area contributed by atoms with Crippen LogP contribution in [0.2, 0.25) is 0 Å². The molecule has 2 rings (SSSR count). The zero-order valence-corrected chi connectivity index (χ0v) is 14.2. The van der Waals surface area contributed by atoms with Gasteiger partial charge in [0, 0.05) is 12.6 Å². The molecular weight excluding hydrogens is 322 g/mol. The molecule has 132 valence electrons. The van der Waals surface area contributed by atoms with E-state index in [-0.39, 0.29) is 11.3 Å². The number of carbonyl (C=O) groups is 2. The molecule has 0 spiro atoms.